The zero-order valence-electron chi connectivity index (χ0n) is 7.02. The van der Waals surface area contributed by atoms with Crippen molar-refractivity contribution >= 4 is 5.69 Å². The molecule has 0 radical (unpaired) electrons. The van der Waals surface area contributed by atoms with Crippen LogP contribution in [-0.4, -0.2) is 17.7 Å². The number of hydrogen-bond acceptors (Lipinski definition) is 2. The van der Waals surface area contributed by atoms with Crippen LogP contribution in [0, 0.1) is 6.92 Å². The number of nitrogens with one attached hydrogen (secondary N) is 1. The number of pyridine rings is 1. The maximum Gasteiger partial charge on any atom is 0.405 e. The predicted octanol–water partition coefficient (Wildman–Crippen LogP) is 2.36. The number of aryl methyl sites for hydroxylation is 1. The van der Waals surface area contributed by atoms with Crippen LogP contribution in [0.3, 0.4) is 0 Å². The van der Waals surface area contributed by atoms with Gasteiger partial charge in [0.15, 0.2) is 0 Å². The number of halogens is 3. The smallest absolute Gasteiger partial charge is 0.376 e. The summed E-state index contributed by atoms with van der Waals surface area (Å²) in [6, 6.07) is 3.06. The Morgan fingerprint density at radius 3 is 2.69 bits per heavy atom. The van der Waals surface area contributed by atoms with Gasteiger partial charge >= 0.3 is 6.18 Å². The van der Waals surface area contributed by atoms with E-state index in [1.54, 1.807) is 13.0 Å². The first kappa shape index (κ1) is 9.83. The lowest BCUT2D eigenvalue weighted by molar-refractivity contribution is -0.115. The van der Waals surface area contributed by atoms with Crippen molar-refractivity contribution in [2.45, 2.75) is 13.1 Å². The zero-order valence-corrected chi connectivity index (χ0v) is 7.02. The quantitative estimate of drug-likeness (QED) is 0.774. The molecule has 1 aromatic rings. The van der Waals surface area contributed by atoms with Crippen molar-refractivity contribution < 1.29 is 13.2 Å². The van der Waals surface area contributed by atoms with E-state index in [9.17, 15) is 13.2 Å². The van der Waals surface area contributed by atoms with E-state index < -0.39 is 12.7 Å². The molecule has 0 fully saturated rings. The number of aromatic nitrogens is 1. The molecule has 0 amide bonds. The summed E-state index contributed by atoms with van der Waals surface area (Å²) in [4.78, 5) is 3.86. The van der Waals surface area contributed by atoms with Crippen LogP contribution in [0.25, 0.3) is 0 Å². The van der Waals surface area contributed by atoms with Gasteiger partial charge in [-0.15, -0.1) is 0 Å². The summed E-state index contributed by atoms with van der Waals surface area (Å²) in [6.07, 6.45) is -2.72. The van der Waals surface area contributed by atoms with Crippen LogP contribution >= 0.6 is 0 Å². The summed E-state index contributed by atoms with van der Waals surface area (Å²) < 4.78 is 35.3. The lowest BCUT2D eigenvalue weighted by Crippen LogP contribution is -2.21. The summed E-state index contributed by atoms with van der Waals surface area (Å²) in [6.45, 7) is 0.704. The number of nitrogens with zero attached hydrogens (tertiary/aromatic N) is 1. The van der Waals surface area contributed by atoms with Gasteiger partial charge in [-0.3, -0.25) is 4.98 Å². The first-order valence-corrected chi connectivity index (χ1v) is 3.71. The molecule has 1 aromatic heterocycles. The molecule has 0 aliphatic carbocycles. The van der Waals surface area contributed by atoms with Gasteiger partial charge in [0.1, 0.15) is 6.54 Å². The van der Waals surface area contributed by atoms with Crippen LogP contribution < -0.4 is 5.32 Å². The third-order valence-electron chi connectivity index (χ3n) is 1.39. The summed E-state index contributed by atoms with van der Waals surface area (Å²) in [7, 11) is 0. The van der Waals surface area contributed by atoms with E-state index in [0.717, 1.165) is 0 Å². The van der Waals surface area contributed by atoms with E-state index in [0.29, 0.717) is 11.4 Å². The molecule has 0 bridgehead atoms. The standard InChI is InChI=1S/C8H9F3N2/c1-6-4-7(2-3-12-6)13-5-8(9,10)11/h2-4H,5H2,1H3,(H,12,13). The first-order valence-electron chi connectivity index (χ1n) is 3.71. The zero-order chi connectivity index (χ0) is 9.90. The molecule has 1 rings (SSSR count). The molecule has 72 valence electrons. The number of hydrogen-bond donors (Lipinski definition) is 1. The van der Waals surface area contributed by atoms with Crippen LogP contribution in [0.15, 0.2) is 18.3 Å². The Hall–Kier alpha value is -1.26. The summed E-state index contributed by atoms with van der Waals surface area (Å²) in [5, 5.41) is 2.26. The molecule has 0 aliphatic rings. The van der Waals surface area contributed by atoms with Crippen molar-refractivity contribution in [2.75, 3.05) is 11.9 Å². The van der Waals surface area contributed by atoms with E-state index in [1.165, 1.54) is 12.3 Å². The fourth-order valence-electron chi connectivity index (χ4n) is 0.858. The highest BCUT2D eigenvalue weighted by Crippen LogP contribution is 2.16. The van der Waals surface area contributed by atoms with Gasteiger partial charge < -0.3 is 5.32 Å². The van der Waals surface area contributed by atoms with Crippen LogP contribution in [0.5, 0.6) is 0 Å². The molecule has 1 heterocycles. The van der Waals surface area contributed by atoms with Crippen molar-refractivity contribution in [3.8, 4) is 0 Å². The van der Waals surface area contributed by atoms with Gasteiger partial charge in [0.05, 0.1) is 0 Å². The van der Waals surface area contributed by atoms with Gasteiger partial charge in [-0.05, 0) is 19.1 Å². The fraction of sp³-hybridized carbons (Fsp3) is 0.375. The molecule has 13 heavy (non-hydrogen) atoms. The van der Waals surface area contributed by atoms with E-state index in [-0.39, 0.29) is 0 Å². The summed E-state index contributed by atoms with van der Waals surface area (Å²) in [5.74, 6) is 0. The Morgan fingerprint density at radius 1 is 1.46 bits per heavy atom. The van der Waals surface area contributed by atoms with E-state index >= 15 is 0 Å². The number of anilines is 1. The van der Waals surface area contributed by atoms with Crippen LogP contribution in [0.2, 0.25) is 0 Å². The molecule has 5 heteroatoms. The first-order chi connectivity index (χ1) is 5.97. The van der Waals surface area contributed by atoms with Gasteiger partial charge in [-0.1, -0.05) is 0 Å². The molecule has 1 N–H and O–H groups in total. The highest BCUT2D eigenvalue weighted by molar-refractivity contribution is 5.42. The minimum Gasteiger partial charge on any atom is -0.376 e. The van der Waals surface area contributed by atoms with Gasteiger partial charge in [-0.25, -0.2) is 0 Å². The second-order valence-electron chi connectivity index (χ2n) is 2.65. The monoisotopic (exact) mass is 190 g/mol. The normalized spacial score (nSPS) is 11.4. The minimum atomic E-state index is -4.18. The molecular formula is C8H9F3N2. The summed E-state index contributed by atoms with van der Waals surface area (Å²) in [5.41, 5.74) is 1.12. The Bertz CT molecular complexity index is 283. The van der Waals surface area contributed by atoms with E-state index in [1.807, 2.05) is 0 Å². The van der Waals surface area contributed by atoms with Crippen molar-refractivity contribution in [2.24, 2.45) is 0 Å². The Morgan fingerprint density at radius 2 is 2.15 bits per heavy atom. The molecule has 0 saturated heterocycles. The van der Waals surface area contributed by atoms with Crippen LogP contribution in [0.1, 0.15) is 5.69 Å². The minimum absolute atomic E-state index is 0.435. The molecule has 0 aromatic carbocycles. The van der Waals surface area contributed by atoms with E-state index in [4.69, 9.17) is 0 Å². The largest absolute Gasteiger partial charge is 0.405 e. The average Bonchev–Trinajstić information content (AvgIpc) is 2.00. The van der Waals surface area contributed by atoms with E-state index in [2.05, 4.69) is 10.3 Å². The Kier molecular flexibility index (Phi) is 2.75. The molecule has 0 atom stereocenters. The van der Waals surface area contributed by atoms with Crippen LogP contribution in [0.4, 0.5) is 18.9 Å². The number of rotatable bonds is 2. The second kappa shape index (κ2) is 3.64. The van der Waals surface area contributed by atoms with Crippen molar-refractivity contribution in [1.29, 1.82) is 0 Å². The predicted molar refractivity (Wildman–Crippen MR) is 43.5 cm³/mol. The molecule has 2 nitrogen and oxygen atoms in total. The Balaban J connectivity index is 2.55. The lowest BCUT2D eigenvalue weighted by atomic mass is 10.3. The Labute approximate surface area is 73.8 Å². The second-order valence-corrected chi connectivity index (χ2v) is 2.65. The lowest BCUT2D eigenvalue weighted by Gasteiger charge is -2.09. The molecule has 0 spiro atoms. The summed E-state index contributed by atoms with van der Waals surface area (Å²) >= 11 is 0. The highest BCUT2D eigenvalue weighted by atomic mass is 19.4. The maximum absolute atomic E-state index is 11.8. The molecular weight excluding hydrogens is 181 g/mol. The van der Waals surface area contributed by atoms with Crippen molar-refractivity contribution in [3.05, 3.63) is 24.0 Å². The molecule has 0 unspecified atom stereocenters. The fourth-order valence-corrected chi connectivity index (χ4v) is 0.858. The van der Waals surface area contributed by atoms with Gasteiger partial charge in [0.25, 0.3) is 0 Å². The van der Waals surface area contributed by atoms with Crippen LogP contribution in [-0.2, 0) is 0 Å². The number of alkyl halides is 3. The van der Waals surface area contributed by atoms with Crippen molar-refractivity contribution in [3.63, 3.8) is 0 Å². The highest BCUT2D eigenvalue weighted by Gasteiger charge is 2.26. The topological polar surface area (TPSA) is 24.9 Å². The third-order valence-corrected chi connectivity index (χ3v) is 1.39. The SMILES string of the molecule is Cc1cc(NCC(F)(F)F)ccn1. The van der Waals surface area contributed by atoms with Gasteiger partial charge in [0.2, 0.25) is 0 Å². The van der Waals surface area contributed by atoms with Gasteiger partial charge in [0, 0.05) is 17.6 Å². The van der Waals surface area contributed by atoms with Gasteiger partial charge in [-0.2, -0.15) is 13.2 Å². The third kappa shape index (κ3) is 3.78. The maximum atomic E-state index is 11.8. The molecule has 0 aliphatic heterocycles. The van der Waals surface area contributed by atoms with Crippen molar-refractivity contribution in [1.82, 2.24) is 4.98 Å². The molecule has 0 saturated carbocycles. The average molecular weight is 190 g/mol.